The number of carbonyl (C=O) groups excluding carboxylic acids is 3. The van der Waals surface area contributed by atoms with Gasteiger partial charge in [-0.2, -0.15) is 0 Å². The zero-order chi connectivity index (χ0) is 18.0. The Balaban J connectivity index is 4.14. The summed E-state index contributed by atoms with van der Waals surface area (Å²) in [7, 11) is 0. The molecule has 0 aromatic carbocycles. The molecule has 23 heavy (non-hydrogen) atoms. The van der Waals surface area contributed by atoms with Crippen LogP contribution in [0, 0.1) is 0 Å². The summed E-state index contributed by atoms with van der Waals surface area (Å²) >= 11 is 0. The highest BCUT2D eigenvalue weighted by Crippen LogP contribution is 1.95. The molecule has 0 aromatic heterocycles. The van der Waals surface area contributed by atoms with Crippen molar-refractivity contribution in [1.82, 2.24) is 16.0 Å². The largest absolute Gasteiger partial charge is 0.481 e. The van der Waals surface area contributed by atoms with Gasteiger partial charge in [-0.05, 0) is 13.3 Å². The molecular weight excluding hydrogens is 312 g/mol. The molecule has 2 atom stereocenters. The molecule has 0 radical (unpaired) electrons. The number of nitrogens with two attached hydrogens (primary N) is 1. The lowest BCUT2D eigenvalue weighted by Crippen LogP contribution is -2.51. The Hall–Kier alpha value is -2.69. The van der Waals surface area contributed by atoms with Gasteiger partial charge in [0.25, 0.3) is 0 Å². The predicted molar refractivity (Wildman–Crippen MR) is 76.1 cm³/mol. The van der Waals surface area contributed by atoms with Crippen LogP contribution in [0.3, 0.4) is 0 Å². The van der Waals surface area contributed by atoms with Crippen molar-refractivity contribution in [1.29, 1.82) is 0 Å². The number of aliphatic carboxylic acids is 2. The summed E-state index contributed by atoms with van der Waals surface area (Å²) in [6.07, 6.45) is -0.355. The van der Waals surface area contributed by atoms with Crippen LogP contribution in [0.25, 0.3) is 0 Å². The highest BCUT2D eigenvalue weighted by molar-refractivity contribution is 5.92. The third-order valence-electron chi connectivity index (χ3n) is 2.62. The highest BCUT2D eigenvalue weighted by Gasteiger charge is 2.20. The van der Waals surface area contributed by atoms with Crippen LogP contribution in [-0.2, 0) is 24.0 Å². The Bertz CT molecular complexity index is 480. The number of rotatable bonds is 10. The zero-order valence-electron chi connectivity index (χ0n) is 12.5. The summed E-state index contributed by atoms with van der Waals surface area (Å²) in [5, 5.41) is 23.4. The van der Waals surface area contributed by atoms with Crippen LogP contribution in [0.5, 0.6) is 0 Å². The summed E-state index contributed by atoms with van der Waals surface area (Å²) in [5.74, 6) is -4.37. The van der Waals surface area contributed by atoms with E-state index in [4.69, 9.17) is 15.9 Å². The highest BCUT2D eigenvalue weighted by atomic mass is 16.4. The monoisotopic (exact) mass is 332 g/mol. The van der Waals surface area contributed by atoms with E-state index in [-0.39, 0.29) is 12.8 Å². The molecule has 0 bridgehead atoms. The van der Waals surface area contributed by atoms with E-state index in [9.17, 15) is 24.0 Å². The lowest BCUT2D eigenvalue weighted by Gasteiger charge is -2.16. The minimum Gasteiger partial charge on any atom is -0.481 e. The Morgan fingerprint density at radius 1 is 0.957 bits per heavy atom. The van der Waals surface area contributed by atoms with E-state index in [0.29, 0.717) is 0 Å². The lowest BCUT2D eigenvalue weighted by atomic mass is 10.1. The summed E-state index contributed by atoms with van der Waals surface area (Å²) < 4.78 is 0. The molecule has 0 unspecified atom stereocenters. The fourth-order valence-corrected chi connectivity index (χ4v) is 1.35. The molecule has 11 heteroatoms. The molecule has 130 valence electrons. The van der Waals surface area contributed by atoms with Crippen molar-refractivity contribution in [2.75, 3.05) is 13.1 Å². The van der Waals surface area contributed by atoms with E-state index in [1.165, 1.54) is 6.92 Å². The fourth-order valence-electron chi connectivity index (χ4n) is 1.35. The fraction of sp³-hybridized carbons (Fsp3) is 0.583. The minimum absolute atomic E-state index is 0.0763. The third kappa shape index (κ3) is 9.79. The van der Waals surface area contributed by atoms with Gasteiger partial charge in [0.05, 0.1) is 12.6 Å². The topological polar surface area (TPSA) is 188 Å². The molecule has 0 aliphatic rings. The zero-order valence-corrected chi connectivity index (χ0v) is 12.5. The Morgan fingerprint density at radius 2 is 1.57 bits per heavy atom. The molecule has 0 aliphatic heterocycles. The molecule has 0 aliphatic carbocycles. The van der Waals surface area contributed by atoms with Gasteiger partial charge in [-0.3, -0.25) is 24.0 Å². The van der Waals surface area contributed by atoms with Crippen molar-refractivity contribution < 1.29 is 34.2 Å². The predicted octanol–water partition coefficient (Wildman–Crippen LogP) is -3.00. The quantitative estimate of drug-likeness (QED) is 0.244. The second-order valence-electron chi connectivity index (χ2n) is 4.66. The maximum Gasteiger partial charge on any atom is 0.322 e. The summed E-state index contributed by atoms with van der Waals surface area (Å²) in [4.78, 5) is 55.1. The standard InChI is InChI=1S/C12H20N4O7/c1-6(16-12(23)7(13)2-3-9(18)19)11(22)15-4-8(17)14-5-10(20)21/h6-7H,2-5,13H2,1H3,(H,14,17)(H,15,22)(H,16,23)(H,18,19)(H,20,21)/t6-,7-/m0/s1. The second-order valence-corrected chi connectivity index (χ2v) is 4.66. The first-order valence-electron chi connectivity index (χ1n) is 6.67. The summed E-state index contributed by atoms with van der Waals surface area (Å²) in [6.45, 7) is 0.336. The van der Waals surface area contributed by atoms with E-state index in [1.807, 2.05) is 5.32 Å². The first-order chi connectivity index (χ1) is 10.6. The molecule has 7 N–H and O–H groups in total. The van der Waals surface area contributed by atoms with Crippen molar-refractivity contribution in [2.24, 2.45) is 5.73 Å². The third-order valence-corrected chi connectivity index (χ3v) is 2.62. The average Bonchev–Trinajstić information content (AvgIpc) is 2.47. The van der Waals surface area contributed by atoms with Gasteiger partial charge in [0.2, 0.25) is 17.7 Å². The minimum atomic E-state index is -1.22. The SMILES string of the molecule is C[C@H](NC(=O)[C@@H](N)CCC(=O)O)C(=O)NCC(=O)NCC(=O)O. The van der Waals surface area contributed by atoms with Gasteiger partial charge >= 0.3 is 11.9 Å². The molecule has 0 spiro atoms. The molecule has 0 saturated heterocycles. The van der Waals surface area contributed by atoms with Crippen LogP contribution >= 0.6 is 0 Å². The van der Waals surface area contributed by atoms with E-state index in [1.54, 1.807) is 0 Å². The number of amides is 3. The Morgan fingerprint density at radius 3 is 2.09 bits per heavy atom. The maximum absolute atomic E-state index is 11.7. The van der Waals surface area contributed by atoms with Crippen molar-refractivity contribution in [3.8, 4) is 0 Å². The Kier molecular flexibility index (Phi) is 8.92. The van der Waals surface area contributed by atoms with Gasteiger partial charge in [0, 0.05) is 6.42 Å². The molecular formula is C12H20N4O7. The summed E-state index contributed by atoms with van der Waals surface area (Å²) in [5.41, 5.74) is 5.48. The molecule has 0 rings (SSSR count). The molecule has 0 aromatic rings. The van der Waals surface area contributed by atoms with Gasteiger partial charge in [-0.25, -0.2) is 0 Å². The average molecular weight is 332 g/mol. The van der Waals surface area contributed by atoms with Crippen LogP contribution in [0.15, 0.2) is 0 Å². The second kappa shape index (κ2) is 10.1. The van der Waals surface area contributed by atoms with Crippen LogP contribution in [0.4, 0.5) is 0 Å². The van der Waals surface area contributed by atoms with Crippen LogP contribution in [0.2, 0.25) is 0 Å². The number of nitrogens with one attached hydrogen (secondary N) is 3. The van der Waals surface area contributed by atoms with Crippen LogP contribution in [-0.4, -0.2) is 65.0 Å². The molecule has 0 saturated carbocycles. The maximum atomic E-state index is 11.7. The van der Waals surface area contributed by atoms with E-state index in [0.717, 1.165) is 0 Å². The van der Waals surface area contributed by atoms with Gasteiger partial charge < -0.3 is 31.9 Å². The van der Waals surface area contributed by atoms with Crippen LogP contribution in [0.1, 0.15) is 19.8 Å². The Labute approximate surface area is 131 Å². The number of carboxylic acid groups (broad SMARTS) is 2. The number of hydrogen-bond acceptors (Lipinski definition) is 6. The van der Waals surface area contributed by atoms with Gasteiger partial charge in [-0.15, -0.1) is 0 Å². The number of carbonyl (C=O) groups is 5. The number of hydrogen-bond donors (Lipinski definition) is 6. The van der Waals surface area contributed by atoms with Gasteiger partial charge in [-0.1, -0.05) is 0 Å². The van der Waals surface area contributed by atoms with Crippen LogP contribution < -0.4 is 21.7 Å². The lowest BCUT2D eigenvalue weighted by molar-refractivity contribution is -0.138. The van der Waals surface area contributed by atoms with Crippen molar-refractivity contribution in [3.63, 3.8) is 0 Å². The first kappa shape index (κ1) is 20.3. The van der Waals surface area contributed by atoms with Crippen molar-refractivity contribution >= 4 is 29.7 Å². The van der Waals surface area contributed by atoms with Crippen molar-refractivity contribution in [3.05, 3.63) is 0 Å². The van der Waals surface area contributed by atoms with Gasteiger partial charge in [0.15, 0.2) is 0 Å². The normalized spacial score (nSPS) is 12.6. The molecule has 0 fully saturated rings. The van der Waals surface area contributed by atoms with E-state index in [2.05, 4.69) is 10.6 Å². The van der Waals surface area contributed by atoms with Gasteiger partial charge in [0.1, 0.15) is 12.6 Å². The molecule has 3 amide bonds. The summed E-state index contributed by atoms with van der Waals surface area (Å²) in [6, 6.07) is -2.06. The van der Waals surface area contributed by atoms with E-state index >= 15 is 0 Å². The van der Waals surface area contributed by atoms with E-state index < -0.39 is 54.8 Å². The molecule has 11 nitrogen and oxygen atoms in total. The first-order valence-corrected chi connectivity index (χ1v) is 6.67. The molecule has 0 heterocycles. The smallest absolute Gasteiger partial charge is 0.322 e. The number of carboxylic acids is 2. The van der Waals surface area contributed by atoms with Crippen molar-refractivity contribution in [2.45, 2.75) is 31.8 Å².